The van der Waals surface area contributed by atoms with Gasteiger partial charge in [-0.25, -0.2) is 0 Å². The Morgan fingerprint density at radius 3 is 2.72 bits per heavy atom. The van der Waals surface area contributed by atoms with Crippen molar-refractivity contribution in [3.05, 3.63) is 0 Å². The molecule has 2 aliphatic rings. The molecule has 0 aromatic rings. The van der Waals surface area contributed by atoms with Gasteiger partial charge < -0.3 is 21.5 Å². The van der Waals surface area contributed by atoms with Gasteiger partial charge in [-0.2, -0.15) is 0 Å². The van der Waals surface area contributed by atoms with Crippen LogP contribution in [0.25, 0.3) is 0 Å². The second-order valence-corrected chi connectivity index (χ2v) is 5.63. The summed E-state index contributed by atoms with van der Waals surface area (Å²) in [5, 5.41) is 15.7. The monoisotopic (exact) mass is 255 g/mol. The summed E-state index contributed by atoms with van der Waals surface area (Å²) >= 11 is 0. The number of carbonyl (C=O) groups excluding carboxylic acids is 1. The van der Waals surface area contributed by atoms with Gasteiger partial charge >= 0.3 is 0 Å². The quantitative estimate of drug-likeness (QED) is 0.504. The number of carbonyl (C=O) groups is 1. The predicted octanol–water partition coefficient (Wildman–Crippen LogP) is -0.267. The summed E-state index contributed by atoms with van der Waals surface area (Å²) in [6, 6.07) is 0.755. The fourth-order valence-corrected chi connectivity index (χ4v) is 2.73. The molecule has 0 aliphatic heterocycles. The van der Waals surface area contributed by atoms with E-state index >= 15 is 0 Å². The molecule has 0 aromatic heterocycles. The van der Waals surface area contributed by atoms with Gasteiger partial charge in [-0.15, -0.1) is 0 Å². The smallest absolute Gasteiger partial charge is 0.221 e. The molecule has 0 aromatic carbocycles. The van der Waals surface area contributed by atoms with Crippen molar-refractivity contribution in [2.45, 2.75) is 56.7 Å². The lowest BCUT2D eigenvalue weighted by molar-refractivity contribution is -0.121. The predicted molar refractivity (Wildman–Crippen MR) is 70.0 cm³/mol. The maximum atomic E-state index is 11.7. The molecule has 18 heavy (non-hydrogen) atoms. The summed E-state index contributed by atoms with van der Waals surface area (Å²) in [5.41, 5.74) is 5.73. The Balaban J connectivity index is 1.75. The van der Waals surface area contributed by atoms with Crippen LogP contribution in [0.15, 0.2) is 0 Å². The fourth-order valence-electron chi connectivity index (χ4n) is 2.73. The van der Waals surface area contributed by atoms with E-state index in [2.05, 4.69) is 10.6 Å². The topological polar surface area (TPSA) is 87.4 Å². The minimum Gasteiger partial charge on any atom is -0.396 e. The molecule has 2 fully saturated rings. The number of nitrogens with two attached hydrogens (primary N) is 1. The Hall–Kier alpha value is -0.650. The molecule has 5 heteroatoms. The van der Waals surface area contributed by atoms with Crippen LogP contribution in [0.1, 0.15) is 38.5 Å². The molecular weight excluding hydrogens is 230 g/mol. The van der Waals surface area contributed by atoms with Crippen molar-refractivity contribution < 1.29 is 9.90 Å². The van der Waals surface area contributed by atoms with Crippen molar-refractivity contribution in [3.63, 3.8) is 0 Å². The number of aliphatic hydroxyl groups is 1. The summed E-state index contributed by atoms with van der Waals surface area (Å²) in [5.74, 6) is 0.421. The van der Waals surface area contributed by atoms with Gasteiger partial charge in [0, 0.05) is 37.7 Å². The lowest BCUT2D eigenvalue weighted by Gasteiger charge is -2.25. The lowest BCUT2D eigenvalue weighted by atomic mass is 10.0. The van der Waals surface area contributed by atoms with Crippen molar-refractivity contribution in [2.75, 3.05) is 13.2 Å². The van der Waals surface area contributed by atoms with Gasteiger partial charge in [-0.05, 0) is 31.6 Å². The first-order valence-electron chi connectivity index (χ1n) is 7.09. The Morgan fingerprint density at radius 2 is 2.11 bits per heavy atom. The number of hydrogen-bond donors (Lipinski definition) is 4. The molecule has 2 saturated carbocycles. The van der Waals surface area contributed by atoms with Crippen LogP contribution in [0.2, 0.25) is 0 Å². The Morgan fingerprint density at radius 1 is 1.33 bits per heavy atom. The standard InChI is InChI=1S/C13H25N3O2/c14-7-11(6-13(18)16-10-4-5-10)15-12-3-1-2-9(12)8-17/h9-12,15,17H,1-8,14H2,(H,16,18). The summed E-state index contributed by atoms with van der Waals surface area (Å²) in [4.78, 5) is 11.7. The molecule has 0 bridgehead atoms. The number of nitrogens with one attached hydrogen (secondary N) is 2. The third-order valence-electron chi connectivity index (χ3n) is 4.00. The van der Waals surface area contributed by atoms with Gasteiger partial charge in [0.05, 0.1) is 0 Å². The van der Waals surface area contributed by atoms with E-state index < -0.39 is 0 Å². The largest absolute Gasteiger partial charge is 0.396 e. The molecule has 5 N–H and O–H groups in total. The van der Waals surface area contributed by atoms with Crippen molar-refractivity contribution in [3.8, 4) is 0 Å². The van der Waals surface area contributed by atoms with E-state index in [0.29, 0.717) is 31.0 Å². The van der Waals surface area contributed by atoms with Crippen LogP contribution in [0.3, 0.4) is 0 Å². The van der Waals surface area contributed by atoms with Crippen LogP contribution < -0.4 is 16.4 Å². The fraction of sp³-hybridized carbons (Fsp3) is 0.923. The normalized spacial score (nSPS) is 29.2. The van der Waals surface area contributed by atoms with E-state index in [4.69, 9.17) is 5.73 Å². The SMILES string of the molecule is NCC(CC(=O)NC1CC1)NC1CCCC1CO. The van der Waals surface area contributed by atoms with E-state index in [0.717, 1.165) is 32.1 Å². The van der Waals surface area contributed by atoms with E-state index in [1.54, 1.807) is 0 Å². The van der Waals surface area contributed by atoms with Crippen molar-refractivity contribution in [1.82, 2.24) is 10.6 Å². The molecule has 3 unspecified atom stereocenters. The van der Waals surface area contributed by atoms with Gasteiger partial charge in [0.25, 0.3) is 0 Å². The highest BCUT2D eigenvalue weighted by Gasteiger charge is 2.29. The van der Waals surface area contributed by atoms with E-state index in [1.807, 2.05) is 0 Å². The zero-order valence-electron chi connectivity index (χ0n) is 10.9. The second kappa shape index (κ2) is 6.50. The third kappa shape index (κ3) is 3.93. The van der Waals surface area contributed by atoms with Gasteiger partial charge in [-0.1, -0.05) is 6.42 Å². The van der Waals surface area contributed by atoms with Gasteiger partial charge in [0.1, 0.15) is 0 Å². The molecule has 0 heterocycles. The van der Waals surface area contributed by atoms with Gasteiger partial charge in [-0.3, -0.25) is 4.79 Å². The zero-order chi connectivity index (χ0) is 13.0. The molecule has 0 saturated heterocycles. The Kier molecular flexibility index (Phi) is 4.97. The third-order valence-corrected chi connectivity index (χ3v) is 4.00. The second-order valence-electron chi connectivity index (χ2n) is 5.63. The maximum absolute atomic E-state index is 11.7. The first kappa shape index (κ1) is 13.8. The molecular formula is C13H25N3O2. The minimum absolute atomic E-state index is 0.0286. The summed E-state index contributed by atoms with van der Waals surface area (Å²) in [7, 11) is 0. The maximum Gasteiger partial charge on any atom is 0.221 e. The summed E-state index contributed by atoms with van der Waals surface area (Å²) in [6.45, 7) is 0.690. The average molecular weight is 255 g/mol. The van der Waals surface area contributed by atoms with Crippen molar-refractivity contribution >= 4 is 5.91 Å². The number of hydrogen-bond acceptors (Lipinski definition) is 4. The Labute approximate surface area is 109 Å². The highest BCUT2D eigenvalue weighted by molar-refractivity contribution is 5.77. The molecule has 2 aliphatic carbocycles. The molecule has 3 atom stereocenters. The number of aliphatic hydroxyl groups excluding tert-OH is 1. The summed E-state index contributed by atoms with van der Waals surface area (Å²) < 4.78 is 0. The first-order chi connectivity index (χ1) is 8.72. The van der Waals surface area contributed by atoms with E-state index in [1.165, 1.54) is 0 Å². The van der Waals surface area contributed by atoms with Crippen LogP contribution in [0.4, 0.5) is 0 Å². The minimum atomic E-state index is 0.0286. The number of amides is 1. The van der Waals surface area contributed by atoms with E-state index in [-0.39, 0.29) is 18.6 Å². The van der Waals surface area contributed by atoms with E-state index in [9.17, 15) is 9.90 Å². The van der Waals surface area contributed by atoms with Gasteiger partial charge in [0.2, 0.25) is 5.91 Å². The molecule has 0 spiro atoms. The zero-order valence-corrected chi connectivity index (χ0v) is 10.9. The molecule has 2 rings (SSSR count). The van der Waals surface area contributed by atoms with Gasteiger partial charge in [0.15, 0.2) is 0 Å². The van der Waals surface area contributed by atoms with Crippen molar-refractivity contribution in [2.24, 2.45) is 11.7 Å². The van der Waals surface area contributed by atoms with Crippen LogP contribution in [-0.4, -0.2) is 42.3 Å². The Bertz CT molecular complexity index is 281. The van der Waals surface area contributed by atoms with Crippen molar-refractivity contribution in [1.29, 1.82) is 0 Å². The van der Waals surface area contributed by atoms with Crippen LogP contribution in [0, 0.1) is 5.92 Å². The van der Waals surface area contributed by atoms with Crippen LogP contribution in [-0.2, 0) is 4.79 Å². The lowest BCUT2D eigenvalue weighted by Crippen LogP contribution is -2.47. The molecule has 5 nitrogen and oxygen atoms in total. The average Bonchev–Trinajstić information content (AvgIpc) is 3.05. The highest BCUT2D eigenvalue weighted by atomic mass is 16.3. The first-order valence-corrected chi connectivity index (χ1v) is 7.09. The van der Waals surface area contributed by atoms with Crippen LogP contribution >= 0.6 is 0 Å². The molecule has 104 valence electrons. The summed E-state index contributed by atoms with van der Waals surface area (Å²) in [6.07, 6.45) is 5.96. The van der Waals surface area contributed by atoms with Crippen LogP contribution in [0.5, 0.6) is 0 Å². The molecule has 1 amide bonds. The molecule has 0 radical (unpaired) electrons. The highest BCUT2D eigenvalue weighted by Crippen LogP contribution is 2.25. The number of rotatable bonds is 7.